The lowest BCUT2D eigenvalue weighted by Crippen LogP contribution is -2.34. The van der Waals surface area contributed by atoms with Crippen LogP contribution >= 0.6 is 11.8 Å². The molecule has 1 saturated carbocycles. The number of thioether (sulfide) groups is 1. The number of benzene rings is 1. The summed E-state index contributed by atoms with van der Waals surface area (Å²) in [5.74, 6) is -0.749. The molecule has 9 heteroatoms. The van der Waals surface area contributed by atoms with Crippen LogP contribution in [0.5, 0.6) is 0 Å². The van der Waals surface area contributed by atoms with Gasteiger partial charge >= 0.3 is 5.97 Å². The first-order valence-corrected chi connectivity index (χ1v) is 12.3. The molecule has 1 saturated heterocycles. The zero-order valence-electron chi connectivity index (χ0n) is 19.3. The molecule has 0 N–H and O–H groups in total. The molecule has 0 amide bonds. The minimum Gasteiger partial charge on any atom is -0.465 e. The number of likely N-dealkylation sites (tertiary alicyclic amines) is 1. The lowest BCUT2D eigenvalue weighted by Gasteiger charge is -2.27. The molecule has 2 unspecified atom stereocenters. The number of esters is 1. The van der Waals surface area contributed by atoms with Crippen molar-refractivity contribution < 1.29 is 23.5 Å². The van der Waals surface area contributed by atoms with Gasteiger partial charge in [0.15, 0.2) is 10.9 Å². The fourth-order valence-electron chi connectivity index (χ4n) is 4.29. The summed E-state index contributed by atoms with van der Waals surface area (Å²) in [7, 11) is 0. The summed E-state index contributed by atoms with van der Waals surface area (Å²) in [4.78, 5) is 38.9. The van der Waals surface area contributed by atoms with Crippen molar-refractivity contribution in [3.63, 3.8) is 0 Å². The maximum atomic E-state index is 14.7. The highest BCUT2D eigenvalue weighted by atomic mass is 32.2. The largest absolute Gasteiger partial charge is 0.465 e. The average Bonchev–Trinajstić information content (AvgIpc) is 3.44. The molecule has 1 aliphatic heterocycles. The minimum atomic E-state index is -0.679. The van der Waals surface area contributed by atoms with Crippen molar-refractivity contribution in [1.82, 2.24) is 14.7 Å². The molecule has 180 valence electrons. The molecule has 4 rings (SSSR count). The van der Waals surface area contributed by atoms with Gasteiger partial charge in [-0.3, -0.25) is 24.0 Å². The lowest BCUT2D eigenvalue weighted by molar-refractivity contribution is -0.144. The summed E-state index contributed by atoms with van der Waals surface area (Å²) < 4.78 is 21.2. The Bertz CT molecular complexity index is 1110. The first-order valence-electron chi connectivity index (χ1n) is 11.4. The summed E-state index contributed by atoms with van der Waals surface area (Å²) in [5.41, 5.74) is 2.13. The Morgan fingerprint density at radius 1 is 1.29 bits per heavy atom. The van der Waals surface area contributed by atoms with E-state index in [1.165, 1.54) is 29.4 Å². The van der Waals surface area contributed by atoms with Crippen molar-refractivity contribution in [1.29, 1.82) is 0 Å². The third kappa shape index (κ3) is 5.82. The molecule has 1 aromatic heterocycles. The van der Waals surface area contributed by atoms with E-state index >= 15 is 0 Å². The molecule has 7 nitrogen and oxygen atoms in total. The van der Waals surface area contributed by atoms with Gasteiger partial charge in [0, 0.05) is 48.5 Å². The third-order valence-corrected chi connectivity index (χ3v) is 6.99. The van der Waals surface area contributed by atoms with E-state index in [4.69, 9.17) is 4.74 Å². The molecule has 1 aliphatic carbocycles. The number of halogens is 1. The van der Waals surface area contributed by atoms with E-state index in [9.17, 15) is 18.8 Å². The molecule has 2 aromatic rings. The Balaban J connectivity index is 1.60. The second kappa shape index (κ2) is 10.7. The smallest absolute Gasteiger partial charge is 0.327 e. The zero-order valence-corrected chi connectivity index (χ0v) is 20.1. The standard InChI is InChI=1S/C25H28FN3O4S/c1-3-33-23(31)15-29-12-17(11-27-29)10-19-13-28(14-22(19)34-16(2)30)24(25(32)18-8-9-18)20-6-4-5-7-21(20)26/h4-7,10-12,18,22,24H,3,8-9,13-15H2,1-2H3/b19-10+. The van der Waals surface area contributed by atoms with Crippen LogP contribution in [0.1, 0.15) is 43.9 Å². The van der Waals surface area contributed by atoms with E-state index in [0.717, 1.165) is 24.0 Å². The highest BCUT2D eigenvalue weighted by Crippen LogP contribution is 2.41. The van der Waals surface area contributed by atoms with E-state index in [-0.39, 0.29) is 34.6 Å². The van der Waals surface area contributed by atoms with Gasteiger partial charge in [0.25, 0.3) is 0 Å². The molecular formula is C25H28FN3O4S. The number of ether oxygens (including phenoxy) is 1. The van der Waals surface area contributed by atoms with E-state index in [0.29, 0.717) is 25.3 Å². The molecule has 34 heavy (non-hydrogen) atoms. The second-order valence-corrected chi connectivity index (χ2v) is 10.0. The Kier molecular flexibility index (Phi) is 7.63. The number of hydrogen-bond acceptors (Lipinski definition) is 7. The fourth-order valence-corrected chi connectivity index (χ4v) is 5.25. The van der Waals surface area contributed by atoms with Gasteiger partial charge in [0.2, 0.25) is 0 Å². The topological polar surface area (TPSA) is 81.5 Å². The number of hydrogen-bond donors (Lipinski definition) is 0. The van der Waals surface area contributed by atoms with Gasteiger partial charge in [-0.2, -0.15) is 5.10 Å². The highest BCUT2D eigenvalue weighted by molar-refractivity contribution is 8.14. The van der Waals surface area contributed by atoms with Crippen molar-refractivity contribution in [3.05, 3.63) is 59.2 Å². The summed E-state index contributed by atoms with van der Waals surface area (Å²) in [5, 5.41) is 4.04. The molecule has 2 atom stereocenters. The molecule has 2 fully saturated rings. The predicted molar refractivity (Wildman–Crippen MR) is 127 cm³/mol. The van der Waals surface area contributed by atoms with Crippen LogP contribution < -0.4 is 0 Å². The van der Waals surface area contributed by atoms with Crippen molar-refractivity contribution in [3.8, 4) is 0 Å². The second-order valence-electron chi connectivity index (χ2n) is 8.62. The molecule has 2 aliphatic rings. The number of nitrogens with zero attached hydrogens (tertiary/aromatic N) is 3. The Labute approximate surface area is 202 Å². The summed E-state index contributed by atoms with van der Waals surface area (Å²) in [6.45, 7) is 4.49. The van der Waals surface area contributed by atoms with Crippen LogP contribution in [-0.2, 0) is 25.7 Å². The van der Waals surface area contributed by atoms with E-state index in [1.807, 2.05) is 11.0 Å². The van der Waals surface area contributed by atoms with Crippen molar-refractivity contribution in [2.24, 2.45) is 5.92 Å². The van der Waals surface area contributed by atoms with Crippen LogP contribution in [0, 0.1) is 11.7 Å². The molecular weight excluding hydrogens is 457 g/mol. The van der Waals surface area contributed by atoms with E-state index in [2.05, 4.69) is 5.10 Å². The van der Waals surface area contributed by atoms with Crippen LogP contribution in [0.3, 0.4) is 0 Å². The number of Topliss-reactive ketones (excluding diaryl/α,β-unsaturated/α-hetero) is 1. The molecule has 0 radical (unpaired) electrons. The van der Waals surface area contributed by atoms with Gasteiger partial charge in [0.05, 0.1) is 18.8 Å². The van der Waals surface area contributed by atoms with Crippen LogP contribution in [0.15, 0.2) is 42.2 Å². The maximum absolute atomic E-state index is 14.7. The van der Waals surface area contributed by atoms with Crippen LogP contribution in [0.4, 0.5) is 4.39 Å². The summed E-state index contributed by atoms with van der Waals surface area (Å²) >= 11 is 1.21. The lowest BCUT2D eigenvalue weighted by atomic mass is 9.97. The van der Waals surface area contributed by atoms with Gasteiger partial charge in [-0.05, 0) is 31.4 Å². The van der Waals surface area contributed by atoms with Gasteiger partial charge in [0.1, 0.15) is 12.4 Å². The monoisotopic (exact) mass is 485 g/mol. The first-order chi connectivity index (χ1) is 16.4. The van der Waals surface area contributed by atoms with Crippen molar-refractivity contribution >= 4 is 34.7 Å². The van der Waals surface area contributed by atoms with Crippen molar-refractivity contribution in [2.45, 2.75) is 44.5 Å². The van der Waals surface area contributed by atoms with Crippen LogP contribution in [0.25, 0.3) is 6.08 Å². The molecule has 0 bridgehead atoms. The summed E-state index contributed by atoms with van der Waals surface area (Å²) in [6.07, 6.45) is 7.01. The fraction of sp³-hybridized carbons (Fsp3) is 0.440. The molecule has 2 heterocycles. The quantitative estimate of drug-likeness (QED) is 0.502. The van der Waals surface area contributed by atoms with Gasteiger partial charge < -0.3 is 4.74 Å². The number of carbonyl (C=O) groups is 3. The minimum absolute atomic E-state index is 0.0139. The Hall–Kier alpha value is -2.78. The number of aromatic nitrogens is 2. The first kappa shape index (κ1) is 24.3. The molecule has 1 aromatic carbocycles. The molecule has 0 spiro atoms. The van der Waals surface area contributed by atoms with Gasteiger partial charge in [-0.1, -0.05) is 36.0 Å². The highest BCUT2D eigenvalue weighted by Gasteiger charge is 2.43. The Morgan fingerprint density at radius 3 is 2.74 bits per heavy atom. The van der Waals surface area contributed by atoms with E-state index in [1.54, 1.807) is 37.5 Å². The van der Waals surface area contributed by atoms with Crippen molar-refractivity contribution in [2.75, 3.05) is 19.7 Å². The number of ketones is 1. The van der Waals surface area contributed by atoms with E-state index < -0.39 is 11.9 Å². The Morgan fingerprint density at radius 2 is 2.06 bits per heavy atom. The number of rotatable bonds is 9. The third-order valence-electron chi connectivity index (χ3n) is 5.92. The van der Waals surface area contributed by atoms with Gasteiger partial charge in [-0.15, -0.1) is 0 Å². The van der Waals surface area contributed by atoms with Crippen LogP contribution in [-0.4, -0.2) is 56.5 Å². The average molecular weight is 486 g/mol. The zero-order chi connectivity index (χ0) is 24.2. The normalized spacial score (nSPS) is 20.4. The predicted octanol–water partition coefficient (Wildman–Crippen LogP) is 3.65. The SMILES string of the molecule is CCOC(=O)Cn1cc(/C=C2\CN(C(C(=O)C3CC3)c3ccccc3F)CC2SC(C)=O)cn1. The van der Waals surface area contributed by atoms with Gasteiger partial charge in [-0.25, -0.2) is 4.39 Å². The summed E-state index contributed by atoms with van der Waals surface area (Å²) in [6, 6.07) is 5.75. The number of carbonyl (C=O) groups excluding carboxylic acids is 3. The van der Waals surface area contributed by atoms with Crippen LogP contribution in [0.2, 0.25) is 0 Å². The maximum Gasteiger partial charge on any atom is 0.327 e.